The maximum Gasteiger partial charge on any atom is 0.305 e. The first kappa shape index (κ1) is 29.9. The van der Waals surface area contributed by atoms with Gasteiger partial charge in [-0.15, -0.1) is 0 Å². The Labute approximate surface area is 193 Å². The fourth-order valence-corrected chi connectivity index (χ4v) is 3.74. The van der Waals surface area contributed by atoms with E-state index in [9.17, 15) is 9.59 Å². The first-order valence-corrected chi connectivity index (χ1v) is 13.4. The molecule has 1 unspecified atom stereocenters. The van der Waals surface area contributed by atoms with Crippen LogP contribution in [-0.2, 0) is 19.1 Å². The quantitative estimate of drug-likeness (QED) is 0.119. The van der Waals surface area contributed by atoms with E-state index in [0.717, 1.165) is 57.8 Å². The number of hydrogen-bond acceptors (Lipinski definition) is 4. The van der Waals surface area contributed by atoms with Crippen molar-refractivity contribution in [2.75, 3.05) is 13.2 Å². The zero-order valence-corrected chi connectivity index (χ0v) is 21.1. The van der Waals surface area contributed by atoms with Crippen molar-refractivity contribution in [3.8, 4) is 0 Å². The lowest BCUT2D eigenvalue weighted by Crippen LogP contribution is -2.13. The van der Waals surface area contributed by atoms with Crippen LogP contribution in [0, 0.1) is 5.92 Å². The minimum absolute atomic E-state index is 0.0429. The summed E-state index contributed by atoms with van der Waals surface area (Å²) in [6, 6.07) is 0. The normalized spacial score (nSPS) is 12.0. The Kier molecular flexibility index (Phi) is 22.8. The van der Waals surface area contributed by atoms with Crippen molar-refractivity contribution in [2.24, 2.45) is 5.92 Å². The molecule has 0 aromatic heterocycles. The number of carbonyl (C=O) groups is 2. The lowest BCUT2D eigenvalue weighted by molar-refractivity contribution is -0.145. The SMILES string of the molecule is CCCCCCCCCOC(=O)CCCCCCCCC(=O)OCC(CC)CCCC. The average Bonchev–Trinajstić information content (AvgIpc) is 2.77. The summed E-state index contributed by atoms with van der Waals surface area (Å²) in [5.74, 6) is 0.433. The Morgan fingerprint density at radius 3 is 1.61 bits per heavy atom. The van der Waals surface area contributed by atoms with E-state index >= 15 is 0 Å². The van der Waals surface area contributed by atoms with Crippen LogP contribution in [0.25, 0.3) is 0 Å². The summed E-state index contributed by atoms with van der Waals surface area (Å²) in [6.07, 6.45) is 20.6. The Morgan fingerprint density at radius 1 is 0.581 bits per heavy atom. The summed E-state index contributed by atoms with van der Waals surface area (Å²) in [5.41, 5.74) is 0. The highest BCUT2D eigenvalue weighted by atomic mass is 16.5. The maximum absolute atomic E-state index is 11.9. The monoisotopic (exact) mass is 440 g/mol. The van der Waals surface area contributed by atoms with Gasteiger partial charge in [0.1, 0.15) is 0 Å². The number of ether oxygens (including phenoxy) is 2. The summed E-state index contributed by atoms with van der Waals surface area (Å²) in [4.78, 5) is 23.6. The van der Waals surface area contributed by atoms with Gasteiger partial charge in [-0.3, -0.25) is 9.59 Å². The number of hydrogen-bond donors (Lipinski definition) is 0. The van der Waals surface area contributed by atoms with Gasteiger partial charge in [-0.25, -0.2) is 0 Å². The second-order valence-corrected chi connectivity index (χ2v) is 9.06. The summed E-state index contributed by atoms with van der Waals surface area (Å²) in [6.45, 7) is 7.77. The third-order valence-electron chi connectivity index (χ3n) is 6.05. The van der Waals surface area contributed by atoms with Gasteiger partial charge in [0.05, 0.1) is 13.2 Å². The molecule has 0 bridgehead atoms. The van der Waals surface area contributed by atoms with Crippen LogP contribution in [-0.4, -0.2) is 25.2 Å². The number of esters is 2. The van der Waals surface area contributed by atoms with Crippen molar-refractivity contribution in [1.29, 1.82) is 0 Å². The molecule has 0 amide bonds. The third-order valence-corrected chi connectivity index (χ3v) is 6.05. The Balaban J connectivity index is 3.39. The van der Waals surface area contributed by atoms with Crippen molar-refractivity contribution in [3.63, 3.8) is 0 Å². The Hall–Kier alpha value is -1.06. The van der Waals surface area contributed by atoms with Crippen molar-refractivity contribution >= 4 is 11.9 Å². The lowest BCUT2D eigenvalue weighted by Gasteiger charge is -2.14. The summed E-state index contributed by atoms with van der Waals surface area (Å²) in [5, 5.41) is 0. The standard InChI is InChI=1S/C27H52O4/c1-4-7-9-10-13-16-19-23-30-26(28)21-17-14-11-12-15-18-22-27(29)31-24-25(6-3)20-8-5-2/h25H,4-24H2,1-3H3. The van der Waals surface area contributed by atoms with Crippen LogP contribution >= 0.6 is 0 Å². The molecule has 0 aliphatic carbocycles. The van der Waals surface area contributed by atoms with E-state index < -0.39 is 0 Å². The molecule has 0 radical (unpaired) electrons. The fourth-order valence-electron chi connectivity index (χ4n) is 3.74. The van der Waals surface area contributed by atoms with Gasteiger partial charge in [-0.1, -0.05) is 104 Å². The molecule has 184 valence electrons. The smallest absolute Gasteiger partial charge is 0.305 e. The van der Waals surface area contributed by atoms with Gasteiger partial charge in [0.2, 0.25) is 0 Å². The van der Waals surface area contributed by atoms with Gasteiger partial charge in [0, 0.05) is 12.8 Å². The summed E-state index contributed by atoms with van der Waals surface area (Å²) in [7, 11) is 0. The first-order valence-electron chi connectivity index (χ1n) is 13.4. The van der Waals surface area contributed by atoms with E-state index in [1.54, 1.807) is 0 Å². The van der Waals surface area contributed by atoms with E-state index in [1.807, 2.05) is 0 Å². The van der Waals surface area contributed by atoms with Gasteiger partial charge >= 0.3 is 11.9 Å². The number of unbranched alkanes of at least 4 members (excludes halogenated alkanes) is 12. The van der Waals surface area contributed by atoms with Crippen LogP contribution in [0.1, 0.15) is 143 Å². The molecule has 0 N–H and O–H groups in total. The minimum atomic E-state index is -0.0435. The first-order chi connectivity index (χ1) is 15.1. The van der Waals surface area contributed by atoms with E-state index in [4.69, 9.17) is 9.47 Å². The average molecular weight is 441 g/mol. The van der Waals surface area contributed by atoms with E-state index in [2.05, 4.69) is 20.8 Å². The molecule has 0 aliphatic heterocycles. The van der Waals surface area contributed by atoms with Gasteiger partial charge in [-0.05, 0) is 31.6 Å². The van der Waals surface area contributed by atoms with Gasteiger partial charge in [0.25, 0.3) is 0 Å². The van der Waals surface area contributed by atoms with E-state index in [-0.39, 0.29) is 11.9 Å². The molecule has 0 fully saturated rings. The topological polar surface area (TPSA) is 52.6 Å². The highest BCUT2D eigenvalue weighted by Gasteiger charge is 2.10. The van der Waals surface area contributed by atoms with Crippen molar-refractivity contribution in [2.45, 2.75) is 143 Å². The second-order valence-electron chi connectivity index (χ2n) is 9.06. The third kappa shape index (κ3) is 21.9. The molecule has 0 aliphatic rings. The van der Waals surface area contributed by atoms with Crippen molar-refractivity contribution < 1.29 is 19.1 Å². The molecule has 0 aromatic carbocycles. The van der Waals surface area contributed by atoms with E-state index in [1.165, 1.54) is 51.4 Å². The minimum Gasteiger partial charge on any atom is -0.466 e. The van der Waals surface area contributed by atoms with Crippen LogP contribution in [0.5, 0.6) is 0 Å². The number of rotatable bonds is 23. The van der Waals surface area contributed by atoms with Crippen LogP contribution in [0.3, 0.4) is 0 Å². The lowest BCUT2D eigenvalue weighted by atomic mass is 10.0. The van der Waals surface area contributed by atoms with Crippen molar-refractivity contribution in [3.05, 3.63) is 0 Å². The van der Waals surface area contributed by atoms with E-state index in [0.29, 0.717) is 32.0 Å². The zero-order chi connectivity index (χ0) is 23.0. The molecule has 0 rings (SSSR count). The van der Waals surface area contributed by atoms with Crippen LogP contribution in [0.15, 0.2) is 0 Å². The molecule has 0 spiro atoms. The molecule has 0 aromatic rings. The number of carbonyl (C=O) groups excluding carboxylic acids is 2. The summed E-state index contributed by atoms with van der Waals surface area (Å²) < 4.78 is 10.8. The van der Waals surface area contributed by atoms with Crippen LogP contribution < -0.4 is 0 Å². The Bertz CT molecular complexity index is 408. The maximum atomic E-state index is 11.9. The van der Waals surface area contributed by atoms with Crippen LogP contribution in [0.2, 0.25) is 0 Å². The highest BCUT2D eigenvalue weighted by Crippen LogP contribution is 2.14. The molecule has 0 saturated carbocycles. The molecule has 1 atom stereocenters. The Morgan fingerprint density at radius 2 is 1.06 bits per heavy atom. The van der Waals surface area contributed by atoms with Gasteiger partial charge in [0.15, 0.2) is 0 Å². The van der Waals surface area contributed by atoms with Gasteiger partial charge in [-0.2, -0.15) is 0 Å². The predicted molar refractivity (Wildman–Crippen MR) is 130 cm³/mol. The molecule has 0 heterocycles. The van der Waals surface area contributed by atoms with Crippen molar-refractivity contribution in [1.82, 2.24) is 0 Å². The molecule has 4 heteroatoms. The molecular formula is C27H52O4. The molecule has 31 heavy (non-hydrogen) atoms. The largest absolute Gasteiger partial charge is 0.466 e. The predicted octanol–water partition coefficient (Wildman–Crippen LogP) is 8.16. The summed E-state index contributed by atoms with van der Waals surface area (Å²) >= 11 is 0. The zero-order valence-electron chi connectivity index (χ0n) is 21.1. The van der Waals surface area contributed by atoms with Crippen LogP contribution in [0.4, 0.5) is 0 Å². The molecular weight excluding hydrogens is 388 g/mol. The second kappa shape index (κ2) is 23.6. The molecule has 4 nitrogen and oxygen atoms in total. The highest BCUT2D eigenvalue weighted by molar-refractivity contribution is 5.69. The van der Waals surface area contributed by atoms with Gasteiger partial charge < -0.3 is 9.47 Å². The fraction of sp³-hybridized carbons (Fsp3) is 0.926. The molecule has 0 saturated heterocycles.